The molecule has 1 N–H and O–H groups in total. The standard InChI is InChI=1S/C14H21N3O/c1-11(2)16-10-9-14(17(16)12(3)18)15-13-7-5-4-6-8-13/h4-8,11,14-15H,9-10H2,1-3H3. The lowest BCUT2D eigenvalue weighted by molar-refractivity contribution is -0.146. The van der Waals surface area contributed by atoms with Gasteiger partial charge in [-0.2, -0.15) is 0 Å². The van der Waals surface area contributed by atoms with E-state index in [0.29, 0.717) is 6.04 Å². The highest BCUT2D eigenvalue weighted by Crippen LogP contribution is 2.22. The van der Waals surface area contributed by atoms with Gasteiger partial charge in [0.25, 0.3) is 0 Å². The van der Waals surface area contributed by atoms with E-state index in [-0.39, 0.29) is 12.1 Å². The Morgan fingerprint density at radius 3 is 2.56 bits per heavy atom. The molecular weight excluding hydrogens is 226 g/mol. The Bertz CT molecular complexity index is 405. The van der Waals surface area contributed by atoms with Crippen LogP contribution in [0.15, 0.2) is 30.3 Å². The highest BCUT2D eigenvalue weighted by molar-refractivity contribution is 5.73. The molecule has 98 valence electrons. The first-order valence-corrected chi connectivity index (χ1v) is 6.47. The number of hydrogen-bond acceptors (Lipinski definition) is 3. The number of carbonyl (C=O) groups is 1. The molecule has 18 heavy (non-hydrogen) atoms. The van der Waals surface area contributed by atoms with Crippen molar-refractivity contribution in [3.8, 4) is 0 Å². The maximum absolute atomic E-state index is 11.8. The van der Waals surface area contributed by atoms with Crippen molar-refractivity contribution >= 4 is 11.6 Å². The van der Waals surface area contributed by atoms with Crippen LogP contribution in [-0.2, 0) is 4.79 Å². The van der Waals surface area contributed by atoms with Crippen LogP contribution >= 0.6 is 0 Å². The number of amides is 1. The Balaban J connectivity index is 2.11. The van der Waals surface area contributed by atoms with Crippen molar-refractivity contribution in [3.05, 3.63) is 30.3 Å². The summed E-state index contributed by atoms with van der Waals surface area (Å²) in [6.45, 7) is 6.77. The van der Waals surface area contributed by atoms with E-state index >= 15 is 0 Å². The molecule has 1 saturated heterocycles. The average Bonchev–Trinajstić information content (AvgIpc) is 2.74. The van der Waals surface area contributed by atoms with Gasteiger partial charge in [0.05, 0.1) is 0 Å². The Kier molecular flexibility index (Phi) is 3.87. The van der Waals surface area contributed by atoms with E-state index in [1.54, 1.807) is 6.92 Å². The van der Waals surface area contributed by atoms with Gasteiger partial charge in [0.15, 0.2) is 0 Å². The second-order valence-electron chi connectivity index (χ2n) is 4.94. The summed E-state index contributed by atoms with van der Waals surface area (Å²) in [4.78, 5) is 11.8. The molecule has 0 radical (unpaired) electrons. The van der Waals surface area contributed by atoms with Gasteiger partial charge in [0.2, 0.25) is 5.91 Å². The third kappa shape index (κ3) is 2.64. The number of benzene rings is 1. The topological polar surface area (TPSA) is 35.6 Å². The van der Waals surface area contributed by atoms with Gasteiger partial charge >= 0.3 is 0 Å². The largest absolute Gasteiger partial charge is 0.364 e. The van der Waals surface area contributed by atoms with Gasteiger partial charge in [-0.05, 0) is 26.0 Å². The fourth-order valence-corrected chi connectivity index (χ4v) is 2.43. The van der Waals surface area contributed by atoms with Crippen molar-refractivity contribution in [3.63, 3.8) is 0 Å². The number of nitrogens with zero attached hydrogens (tertiary/aromatic N) is 2. The zero-order valence-corrected chi connectivity index (χ0v) is 11.3. The molecule has 0 aliphatic carbocycles. The maximum atomic E-state index is 11.8. The third-order valence-electron chi connectivity index (χ3n) is 3.23. The molecule has 0 aromatic heterocycles. The smallest absolute Gasteiger partial charge is 0.235 e. The van der Waals surface area contributed by atoms with Crippen LogP contribution in [0.2, 0.25) is 0 Å². The summed E-state index contributed by atoms with van der Waals surface area (Å²) in [6.07, 6.45) is 1.01. The van der Waals surface area contributed by atoms with E-state index in [9.17, 15) is 4.79 Å². The first-order chi connectivity index (χ1) is 8.59. The molecule has 1 aliphatic rings. The van der Waals surface area contributed by atoms with Crippen molar-refractivity contribution in [2.45, 2.75) is 39.4 Å². The molecule has 1 heterocycles. The molecule has 1 unspecified atom stereocenters. The molecule has 2 rings (SSSR count). The van der Waals surface area contributed by atoms with Gasteiger partial charge in [0, 0.05) is 31.6 Å². The lowest BCUT2D eigenvalue weighted by atomic mass is 10.3. The number of nitrogens with one attached hydrogen (secondary N) is 1. The summed E-state index contributed by atoms with van der Waals surface area (Å²) in [5, 5.41) is 7.39. The third-order valence-corrected chi connectivity index (χ3v) is 3.23. The fourth-order valence-electron chi connectivity index (χ4n) is 2.43. The number of rotatable bonds is 3. The van der Waals surface area contributed by atoms with Crippen LogP contribution in [0.5, 0.6) is 0 Å². The lowest BCUT2D eigenvalue weighted by Gasteiger charge is -2.34. The molecule has 4 heteroatoms. The fraction of sp³-hybridized carbons (Fsp3) is 0.500. The van der Waals surface area contributed by atoms with Crippen molar-refractivity contribution in [1.82, 2.24) is 10.0 Å². The van der Waals surface area contributed by atoms with Crippen molar-refractivity contribution in [1.29, 1.82) is 0 Å². The van der Waals surface area contributed by atoms with Gasteiger partial charge in [-0.25, -0.2) is 5.01 Å². The van der Waals surface area contributed by atoms with Crippen LogP contribution in [-0.4, -0.2) is 34.7 Å². The van der Waals surface area contributed by atoms with Crippen LogP contribution < -0.4 is 5.32 Å². The Morgan fingerprint density at radius 2 is 2.00 bits per heavy atom. The number of anilines is 1. The van der Waals surface area contributed by atoms with Gasteiger partial charge in [-0.3, -0.25) is 9.80 Å². The molecule has 1 aromatic rings. The lowest BCUT2D eigenvalue weighted by Crippen LogP contribution is -2.49. The summed E-state index contributed by atoms with van der Waals surface area (Å²) in [7, 11) is 0. The van der Waals surface area contributed by atoms with E-state index < -0.39 is 0 Å². The molecule has 0 spiro atoms. The summed E-state index contributed by atoms with van der Waals surface area (Å²) < 4.78 is 0. The molecule has 1 fully saturated rings. The van der Waals surface area contributed by atoms with Crippen LogP contribution in [0.1, 0.15) is 27.2 Å². The normalized spacial score (nSPS) is 20.4. The minimum Gasteiger partial charge on any atom is -0.364 e. The average molecular weight is 247 g/mol. The van der Waals surface area contributed by atoms with E-state index in [0.717, 1.165) is 18.7 Å². The van der Waals surface area contributed by atoms with Crippen molar-refractivity contribution in [2.24, 2.45) is 0 Å². The summed E-state index contributed by atoms with van der Waals surface area (Å²) in [6, 6.07) is 10.4. The first-order valence-electron chi connectivity index (χ1n) is 6.47. The van der Waals surface area contributed by atoms with E-state index in [4.69, 9.17) is 0 Å². The molecule has 1 aromatic carbocycles. The molecule has 1 atom stereocenters. The van der Waals surface area contributed by atoms with Crippen LogP contribution in [0.3, 0.4) is 0 Å². The number of para-hydroxylation sites is 1. The summed E-state index contributed by atoms with van der Waals surface area (Å²) >= 11 is 0. The van der Waals surface area contributed by atoms with E-state index in [1.807, 2.05) is 35.3 Å². The molecule has 0 bridgehead atoms. The highest BCUT2D eigenvalue weighted by Gasteiger charge is 2.34. The quantitative estimate of drug-likeness (QED) is 0.890. The first kappa shape index (κ1) is 12.9. The molecule has 1 amide bonds. The maximum Gasteiger partial charge on any atom is 0.235 e. The van der Waals surface area contributed by atoms with Gasteiger partial charge in [-0.1, -0.05) is 18.2 Å². The van der Waals surface area contributed by atoms with E-state index in [2.05, 4.69) is 24.2 Å². The minimum atomic E-state index is 0.0623. The zero-order chi connectivity index (χ0) is 13.1. The number of carbonyl (C=O) groups excluding carboxylic acids is 1. The zero-order valence-electron chi connectivity index (χ0n) is 11.3. The summed E-state index contributed by atoms with van der Waals surface area (Å²) in [5.74, 6) is 0.0923. The van der Waals surface area contributed by atoms with Crippen LogP contribution in [0, 0.1) is 0 Å². The second-order valence-corrected chi connectivity index (χ2v) is 4.94. The van der Waals surface area contributed by atoms with Gasteiger partial charge in [0.1, 0.15) is 6.17 Å². The Hall–Kier alpha value is -1.55. The van der Waals surface area contributed by atoms with Crippen LogP contribution in [0.4, 0.5) is 5.69 Å². The Morgan fingerprint density at radius 1 is 1.33 bits per heavy atom. The molecule has 4 nitrogen and oxygen atoms in total. The highest BCUT2D eigenvalue weighted by atomic mass is 16.2. The molecule has 1 aliphatic heterocycles. The van der Waals surface area contributed by atoms with Crippen molar-refractivity contribution < 1.29 is 4.79 Å². The second kappa shape index (κ2) is 5.40. The Labute approximate surface area is 109 Å². The predicted octanol–water partition coefficient (Wildman–Crippen LogP) is 2.30. The SMILES string of the molecule is CC(=O)N1C(Nc2ccccc2)CCN1C(C)C. The van der Waals surface area contributed by atoms with Crippen LogP contribution in [0.25, 0.3) is 0 Å². The number of hydrogen-bond donors (Lipinski definition) is 1. The summed E-state index contributed by atoms with van der Waals surface area (Å²) in [5.41, 5.74) is 1.05. The van der Waals surface area contributed by atoms with Gasteiger partial charge in [-0.15, -0.1) is 0 Å². The predicted molar refractivity (Wildman–Crippen MR) is 72.8 cm³/mol. The molecule has 0 saturated carbocycles. The molecular formula is C14H21N3O. The minimum absolute atomic E-state index is 0.0623. The van der Waals surface area contributed by atoms with E-state index in [1.165, 1.54) is 0 Å². The van der Waals surface area contributed by atoms with Crippen molar-refractivity contribution in [2.75, 3.05) is 11.9 Å². The monoisotopic (exact) mass is 247 g/mol. The number of hydrazine groups is 1. The van der Waals surface area contributed by atoms with Gasteiger partial charge < -0.3 is 5.32 Å².